The van der Waals surface area contributed by atoms with Crippen LogP contribution < -0.4 is 10.6 Å². The highest BCUT2D eigenvalue weighted by atomic mass is 16.5. The van der Waals surface area contributed by atoms with E-state index in [2.05, 4.69) is 24.5 Å². The number of carbonyl (C=O) groups is 1. The molecule has 1 fully saturated rings. The van der Waals surface area contributed by atoms with Crippen LogP contribution in [0.25, 0.3) is 0 Å². The molecule has 0 spiro atoms. The summed E-state index contributed by atoms with van der Waals surface area (Å²) in [6.45, 7) is 6.68. The van der Waals surface area contributed by atoms with E-state index in [0.29, 0.717) is 6.61 Å². The van der Waals surface area contributed by atoms with E-state index in [4.69, 9.17) is 4.74 Å². The van der Waals surface area contributed by atoms with E-state index >= 15 is 0 Å². The number of hydrogen-bond acceptors (Lipinski definition) is 3. The number of rotatable bonds is 9. The second-order valence-electron chi connectivity index (χ2n) is 6.19. The van der Waals surface area contributed by atoms with Crippen molar-refractivity contribution in [2.24, 2.45) is 5.41 Å². The molecule has 0 bridgehead atoms. The van der Waals surface area contributed by atoms with Crippen LogP contribution in [-0.4, -0.2) is 38.8 Å². The van der Waals surface area contributed by atoms with Gasteiger partial charge in [-0.25, -0.2) is 0 Å². The minimum Gasteiger partial charge on any atom is -0.384 e. The van der Waals surface area contributed by atoms with Gasteiger partial charge in [0.25, 0.3) is 0 Å². The summed E-state index contributed by atoms with van der Waals surface area (Å²) in [6, 6.07) is 0.267. The maximum Gasteiger partial charge on any atom is 0.228 e. The zero-order valence-electron chi connectivity index (χ0n) is 13.5. The van der Waals surface area contributed by atoms with Crippen LogP contribution in [0.5, 0.6) is 0 Å². The van der Waals surface area contributed by atoms with Gasteiger partial charge in [0.05, 0.1) is 12.0 Å². The van der Waals surface area contributed by atoms with Crippen LogP contribution in [0.1, 0.15) is 58.8 Å². The fourth-order valence-electron chi connectivity index (χ4n) is 2.94. The Hall–Kier alpha value is -0.610. The second kappa shape index (κ2) is 9.35. The summed E-state index contributed by atoms with van der Waals surface area (Å²) in [5.74, 6) is 0.184. The van der Waals surface area contributed by atoms with Crippen molar-refractivity contribution in [3.05, 3.63) is 0 Å². The summed E-state index contributed by atoms with van der Waals surface area (Å²) in [6.07, 6.45) is 7.83. The highest BCUT2D eigenvalue weighted by Crippen LogP contribution is 2.29. The van der Waals surface area contributed by atoms with E-state index in [1.807, 2.05) is 0 Å². The lowest BCUT2D eigenvalue weighted by Gasteiger charge is -2.36. The second-order valence-corrected chi connectivity index (χ2v) is 6.19. The average molecular weight is 284 g/mol. The summed E-state index contributed by atoms with van der Waals surface area (Å²) in [4.78, 5) is 12.6. The molecule has 118 valence electrons. The van der Waals surface area contributed by atoms with Gasteiger partial charge < -0.3 is 15.4 Å². The van der Waals surface area contributed by atoms with Crippen molar-refractivity contribution in [3.8, 4) is 0 Å². The summed E-state index contributed by atoms with van der Waals surface area (Å²) in [5.41, 5.74) is -0.322. The molecule has 1 amide bonds. The molecule has 0 saturated carbocycles. The van der Waals surface area contributed by atoms with Crippen molar-refractivity contribution in [1.29, 1.82) is 0 Å². The number of hydrogen-bond donors (Lipinski definition) is 2. The van der Waals surface area contributed by atoms with Crippen LogP contribution in [-0.2, 0) is 9.53 Å². The quantitative estimate of drug-likeness (QED) is 0.640. The summed E-state index contributed by atoms with van der Waals surface area (Å²) < 4.78 is 5.31. The first-order valence-electron chi connectivity index (χ1n) is 8.15. The first kappa shape index (κ1) is 17.4. The Morgan fingerprint density at radius 2 is 2.00 bits per heavy atom. The lowest BCUT2D eigenvalue weighted by atomic mass is 9.78. The Bertz CT molecular complexity index is 270. The molecule has 0 radical (unpaired) electrons. The smallest absolute Gasteiger partial charge is 0.228 e. The molecule has 0 aromatic carbocycles. The van der Waals surface area contributed by atoms with E-state index in [1.54, 1.807) is 7.11 Å². The van der Waals surface area contributed by atoms with Gasteiger partial charge in [-0.1, -0.05) is 32.6 Å². The van der Waals surface area contributed by atoms with Gasteiger partial charge in [-0.3, -0.25) is 4.79 Å². The van der Waals surface area contributed by atoms with Crippen LogP contribution in [0.3, 0.4) is 0 Å². The number of methoxy groups -OCH3 is 1. The Kier molecular flexibility index (Phi) is 8.15. The molecule has 1 aliphatic heterocycles. The fourth-order valence-corrected chi connectivity index (χ4v) is 2.94. The first-order valence-corrected chi connectivity index (χ1v) is 8.15. The average Bonchev–Trinajstić information content (AvgIpc) is 2.45. The van der Waals surface area contributed by atoms with E-state index in [0.717, 1.165) is 32.4 Å². The molecule has 0 aromatic rings. The van der Waals surface area contributed by atoms with Gasteiger partial charge in [0, 0.05) is 13.2 Å². The molecule has 1 heterocycles. The monoisotopic (exact) mass is 284 g/mol. The van der Waals surface area contributed by atoms with E-state index in [-0.39, 0.29) is 17.4 Å². The zero-order valence-corrected chi connectivity index (χ0v) is 13.5. The van der Waals surface area contributed by atoms with Gasteiger partial charge in [0.2, 0.25) is 5.91 Å². The van der Waals surface area contributed by atoms with Gasteiger partial charge in [0.15, 0.2) is 0 Å². The Balaban J connectivity index is 2.41. The van der Waals surface area contributed by atoms with Gasteiger partial charge in [-0.2, -0.15) is 0 Å². The van der Waals surface area contributed by atoms with Crippen LogP contribution in [0.15, 0.2) is 0 Å². The predicted molar refractivity (Wildman–Crippen MR) is 82.8 cm³/mol. The third-order valence-corrected chi connectivity index (χ3v) is 4.33. The molecule has 1 rings (SSSR count). The minimum absolute atomic E-state index is 0.184. The lowest BCUT2D eigenvalue weighted by molar-refractivity contribution is -0.136. The Labute approximate surface area is 124 Å². The standard InChI is InChI=1S/C16H32N2O2/c1-4-5-6-7-8-14(2)18-15(19)16(13-20-3)9-11-17-12-10-16/h14,17H,4-13H2,1-3H3,(H,18,19). The SMILES string of the molecule is CCCCCCC(C)NC(=O)C1(COC)CCNCC1. The Morgan fingerprint density at radius 3 is 2.60 bits per heavy atom. The van der Waals surface area contributed by atoms with Crippen molar-refractivity contribution in [2.75, 3.05) is 26.8 Å². The minimum atomic E-state index is -0.322. The maximum absolute atomic E-state index is 12.6. The number of ether oxygens (including phenoxy) is 1. The molecule has 0 aromatic heterocycles. The van der Waals surface area contributed by atoms with E-state index < -0.39 is 0 Å². The Morgan fingerprint density at radius 1 is 1.30 bits per heavy atom. The van der Waals surface area contributed by atoms with Crippen LogP contribution in [0.2, 0.25) is 0 Å². The van der Waals surface area contributed by atoms with Gasteiger partial charge in [0.1, 0.15) is 0 Å². The molecule has 0 aliphatic carbocycles. The highest BCUT2D eigenvalue weighted by molar-refractivity contribution is 5.83. The molecular formula is C16H32N2O2. The number of amides is 1. The van der Waals surface area contributed by atoms with Gasteiger partial charge >= 0.3 is 0 Å². The molecule has 4 heteroatoms. The molecule has 1 saturated heterocycles. The summed E-state index contributed by atoms with van der Waals surface area (Å²) in [7, 11) is 1.69. The fraction of sp³-hybridized carbons (Fsp3) is 0.938. The normalized spacial score (nSPS) is 19.6. The molecular weight excluding hydrogens is 252 g/mol. The summed E-state index contributed by atoms with van der Waals surface area (Å²) >= 11 is 0. The predicted octanol–water partition coefficient (Wildman–Crippen LogP) is 2.48. The van der Waals surface area contributed by atoms with E-state index in [9.17, 15) is 4.79 Å². The third kappa shape index (κ3) is 5.41. The largest absolute Gasteiger partial charge is 0.384 e. The van der Waals surface area contributed by atoms with Crippen molar-refractivity contribution in [3.63, 3.8) is 0 Å². The zero-order chi connectivity index (χ0) is 14.8. The third-order valence-electron chi connectivity index (χ3n) is 4.33. The molecule has 2 N–H and O–H groups in total. The number of carbonyl (C=O) groups excluding carboxylic acids is 1. The lowest BCUT2D eigenvalue weighted by Crippen LogP contribution is -2.52. The van der Waals surface area contributed by atoms with Crippen LogP contribution >= 0.6 is 0 Å². The van der Waals surface area contributed by atoms with E-state index in [1.165, 1.54) is 25.7 Å². The van der Waals surface area contributed by atoms with Crippen LogP contribution in [0, 0.1) is 5.41 Å². The van der Waals surface area contributed by atoms with Crippen molar-refractivity contribution in [1.82, 2.24) is 10.6 Å². The van der Waals surface area contributed by atoms with Crippen molar-refractivity contribution in [2.45, 2.75) is 64.8 Å². The van der Waals surface area contributed by atoms with Gasteiger partial charge in [-0.15, -0.1) is 0 Å². The topological polar surface area (TPSA) is 50.4 Å². The van der Waals surface area contributed by atoms with Crippen LogP contribution in [0.4, 0.5) is 0 Å². The molecule has 4 nitrogen and oxygen atoms in total. The number of nitrogens with one attached hydrogen (secondary N) is 2. The van der Waals surface area contributed by atoms with Gasteiger partial charge in [-0.05, 0) is 39.3 Å². The first-order chi connectivity index (χ1) is 9.64. The molecule has 1 unspecified atom stereocenters. The van der Waals surface area contributed by atoms with Crippen molar-refractivity contribution >= 4 is 5.91 Å². The molecule has 1 aliphatic rings. The highest BCUT2D eigenvalue weighted by Gasteiger charge is 2.39. The summed E-state index contributed by atoms with van der Waals surface area (Å²) in [5, 5.41) is 6.52. The van der Waals surface area contributed by atoms with Crippen molar-refractivity contribution < 1.29 is 9.53 Å². The maximum atomic E-state index is 12.6. The number of piperidine rings is 1. The molecule has 1 atom stereocenters. The number of unbranched alkanes of at least 4 members (excludes halogenated alkanes) is 3. The molecule has 20 heavy (non-hydrogen) atoms.